The van der Waals surface area contributed by atoms with Crippen molar-refractivity contribution in [3.63, 3.8) is 0 Å². The largest absolute Gasteiger partial charge is 0.325 e. The highest BCUT2D eigenvalue weighted by molar-refractivity contribution is 5.98. The molecular weight excluding hydrogens is 354 g/mol. The van der Waals surface area contributed by atoms with Crippen LogP contribution < -0.4 is 10.7 Å². The van der Waals surface area contributed by atoms with Crippen LogP contribution in [0.5, 0.6) is 0 Å². The molecule has 150 valence electrons. The van der Waals surface area contributed by atoms with Crippen LogP contribution in [0.4, 0.5) is 5.69 Å². The normalized spacial score (nSPS) is 26.3. The van der Waals surface area contributed by atoms with Crippen LogP contribution in [-0.4, -0.2) is 52.2 Å². The van der Waals surface area contributed by atoms with Gasteiger partial charge in [-0.25, -0.2) is 0 Å². The Balaban J connectivity index is 1.53. The third-order valence-electron chi connectivity index (χ3n) is 6.16. The lowest BCUT2D eigenvalue weighted by atomic mass is 9.85. The number of nitrogens with zero attached hydrogens (tertiary/aromatic N) is 3. The molecule has 0 radical (unpaired) electrons. The summed E-state index contributed by atoms with van der Waals surface area (Å²) in [6.45, 7) is 6.12. The number of rotatable bonds is 4. The first-order chi connectivity index (χ1) is 13.5. The van der Waals surface area contributed by atoms with E-state index in [-0.39, 0.29) is 30.4 Å². The fourth-order valence-electron chi connectivity index (χ4n) is 4.73. The number of aryl methyl sites for hydroxylation is 2. The first-order valence-electron chi connectivity index (χ1n) is 10.3. The number of carbonyl (C=O) groups excluding carboxylic acids is 2. The summed E-state index contributed by atoms with van der Waals surface area (Å²) in [6, 6.07) is 6.29. The molecule has 2 aliphatic heterocycles. The lowest BCUT2D eigenvalue weighted by Gasteiger charge is -2.51. The average Bonchev–Trinajstić information content (AvgIpc) is 3.12. The van der Waals surface area contributed by atoms with Crippen LogP contribution in [0.1, 0.15) is 50.2 Å². The van der Waals surface area contributed by atoms with Gasteiger partial charge < -0.3 is 15.1 Å². The van der Waals surface area contributed by atoms with Gasteiger partial charge in [0.1, 0.15) is 12.4 Å². The van der Waals surface area contributed by atoms with Gasteiger partial charge in [0.05, 0.1) is 12.1 Å². The molecule has 1 aromatic rings. The first-order valence-corrected chi connectivity index (χ1v) is 10.3. The van der Waals surface area contributed by atoms with E-state index in [0.717, 1.165) is 54.8 Å². The van der Waals surface area contributed by atoms with E-state index >= 15 is 0 Å². The molecule has 28 heavy (non-hydrogen) atoms. The number of carbonyl (C=O) groups is 2. The monoisotopic (exact) mass is 383 g/mol. The van der Waals surface area contributed by atoms with Crippen LogP contribution in [0.25, 0.3) is 0 Å². The number of hydrogen-bond donors (Lipinski definition) is 2. The number of nitrogens with one attached hydrogen (secondary N) is 2. The van der Waals surface area contributed by atoms with Gasteiger partial charge in [-0.3, -0.25) is 15.0 Å². The molecule has 1 saturated heterocycles. The topological polar surface area (TPSA) is 77.0 Å². The van der Waals surface area contributed by atoms with E-state index in [9.17, 15) is 9.59 Å². The molecule has 3 atom stereocenters. The Morgan fingerprint density at radius 1 is 1.25 bits per heavy atom. The Morgan fingerprint density at radius 2 is 2.00 bits per heavy atom. The van der Waals surface area contributed by atoms with Crippen molar-refractivity contribution in [1.29, 1.82) is 0 Å². The summed E-state index contributed by atoms with van der Waals surface area (Å²) >= 11 is 0. The maximum Gasteiger partial charge on any atom is 0.268 e. The molecule has 0 bridgehead atoms. The number of amidine groups is 1. The van der Waals surface area contributed by atoms with E-state index in [4.69, 9.17) is 0 Å². The average molecular weight is 383 g/mol. The summed E-state index contributed by atoms with van der Waals surface area (Å²) in [5.74, 6) is 0.760. The molecule has 2 N–H and O–H groups in total. The number of fused-ring (bicyclic) bond motifs is 3. The summed E-state index contributed by atoms with van der Waals surface area (Å²) in [5, 5.41) is 7.39. The van der Waals surface area contributed by atoms with E-state index < -0.39 is 6.17 Å². The summed E-state index contributed by atoms with van der Waals surface area (Å²) in [7, 11) is 0. The van der Waals surface area contributed by atoms with Crippen LogP contribution in [0.3, 0.4) is 0 Å². The van der Waals surface area contributed by atoms with Crippen LogP contribution in [0.2, 0.25) is 0 Å². The van der Waals surface area contributed by atoms with Crippen LogP contribution >= 0.6 is 0 Å². The number of hydrogen-bond acceptors (Lipinski definition) is 5. The number of benzene rings is 1. The lowest BCUT2D eigenvalue weighted by Crippen LogP contribution is -2.69. The number of hydrazone groups is 1. The fourth-order valence-corrected chi connectivity index (χ4v) is 4.73. The summed E-state index contributed by atoms with van der Waals surface area (Å²) in [4.78, 5) is 30.0. The lowest BCUT2D eigenvalue weighted by molar-refractivity contribution is -0.151. The highest BCUT2D eigenvalue weighted by atomic mass is 16.2. The van der Waals surface area contributed by atoms with Crippen LogP contribution in [-0.2, 0) is 9.59 Å². The predicted molar refractivity (Wildman–Crippen MR) is 109 cm³/mol. The molecule has 3 unspecified atom stereocenters. The molecule has 1 aromatic carbocycles. The second-order valence-electron chi connectivity index (χ2n) is 8.07. The molecule has 7 nitrogen and oxygen atoms in total. The summed E-state index contributed by atoms with van der Waals surface area (Å²) in [6.07, 6.45) is 4.54. The van der Waals surface area contributed by atoms with Gasteiger partial charge in [-0.05, 0) is 43.9 Å². The van der Waals surface area contributed by atoms with Gasteiger partial charge in [0, 0.05) is 12.1 Å². The molecular formula is C21H29N5O2. The van der Waals surface area contributed by atoms with Crippen molar-refractivity contribution in [2.75, 3.05) is 11.9 Å². The predicted octanol–water partition coefficient (Wildman–Crippen LogP) is 2.35. The molecule has 1 saturated carbocycles. The van der Waals surface area contributed by atoms with E-state index in [1.54, 1.807) is 4.90 Å². The Morgan fingerprint density at radius 3 is 2.75 bits per heavy atom. The molecule has 7 heteroatoms. The Hall–Kier alpha value is -2.57. The van der Waals surface area contributed by atoms with Crippen molar-refractivity contribution >= 4 is 23.3 Å². The quantitative estimate of drug-likeness (QED) is 0.837. The molecule has 1 aliphatic carbocycles. The molecule has 2 fully saturated rings. The fraction of sp³-hybridized carbons (Fsp3) is 0.571. The van der Waals surface area contributed by atoms with Crippen molar-refractivity contribution in [2.45, 2.75) is 71.1 Å². The molecule has 2 amide bonds. The zero-order valence-corrected chi connectivity index (χ0v) is 16.9. The second kappa shape index (κ2) is 7.45. The Labute approximate surface area is 166 Å². The van der Waals surface area contributed by atoms with Gasteiger partial charge >= 0.3 is 0 Å². The van der Waals surface area contributed by atoms with Crippen molar-refractivity contribution in [2.24, 2.45) is 5.10 Å². The minimum Gasteiger partial charge on any atom is -0.325 e. The third kappa shape index (κ3) is 3.23. The van der Waals surface area contributed by atoms with Gasteiger partial charge in [-0.15, -0.1) is 0 Å². The van der Waals surface area contributed by atoms with Crippen molar-refractivity contribution in [3.05, 3.63) is 29.3 Å². The Kier molecular flexibility index (Phi) is 5.00. The van der Waals surface area contributed by atoms with Crippen LogP contribution in [0.15, 0.2) is 23.3 Å². The summed E-state index contributed by atoms with van der Waals surface area (Å²) < 4.78 is 0. The van der Waals surface area contributed by atoms with Gasteiger partial charge in [-0.1, -0.05) is 31.9 Å². The minimum atomic E-state index is -0.470. The zero-order valence-electron chi connectivity index (χ0n) is 16.9. The standard InChI is InChI=1S/C21H29N5O2/c1-4-18-23-24-20-21(28)25(16-7-5-6-8-17(16)26(18)20)12-19(27)22-15-11-13(2)9-10-14(15)3/h9-11,16-17,20,24H,4-8,12H2,1-3H3,(H,22,27). The molecule has 3 aliphatic rings. The van der Waals surface area contributed by atoms with E-state index in [0.29, 0.717) is 0 Å². The molecule has 0 aromatic heterocycles. The maximum atomic E-state index is 13.2. The Bertz CT molecular complexity index is 821. The highest BCUT2D eigenvalue weighted by Crippen LogP contribution is 2.35. The number of piperazine rings is 1. The van der Waals surface area contributed by atoms with Crippen molar-refractivity contribution in [3.8, 4) is 0 Å². The van der Waals surface area contributed by atoms with Crippen LogP contribution in [0, 0.1) is 13.8 Å². The highest BCUT2D eigenvalue weighted by Gasteiger charge is 2.50. The van der Waals surface area contributed by atoms with Crippen molar-refractivity contribution < 1.29 is 9.59 Å². The van der Waals surface area contributed by atoms with Gasteiger partial charge in [0.2, 0.25) is 5.91 Å². The van der Waals surface area contributed by atoms with Gasteiger partial charge in [0.15, 0.2) is 6.17 Å². The van der Waals surface area contributed by atoms with Crippen molar-refractivity contribution in [1.82, 2.24) is 15.2 Å². The third-order valence-corrected chi connectivity index (χ3v) is 6.16. The summed E-state index contributed by atoms with van der Waals surface area (Å²) in [5.41, 5.74) is 5.93. The maximum absolute atomic E-state index is 13.2. The minimum absolute atomic E-state index is 0.0496. The van der Waals surface area contributed by atoms with Gasteiger partial charge in [0.25, 0.3) is 5.91 Å². The first kappa shape index (κ1) is 18.8. The zero-order chi connectivity index (χ0) is 19.8. The van der Waals surface area contributed by atoms with E-state index in [2.05, 4.69) is 27.7 Å². The molecule has 4 rings (SSSR count). The number of amides is 2. The smallest absolute Gasteiger partial charge is 0.268 e. The van der Waals surface area contributed by atoms with Gasteiger partial charge in [-0.2, -0.15) is 5.10 Å². The second-order valence-corrected chi connectivity index (χ2v) is 8.07. The van der Waals surface area contributed by atoms with E-state index in [1.165, 1.54) is 0 Å². The van der Waals surface area contributed by atoms with E-state index in [1.807, 2.05) is 32.0 Å². The molecule has 2 heterocycles. The SMILES string of the molecule is CCC1=NNC2C(=O)N(CC(=O)Nc3cc(C)ccc3C)C3CCCCC3N12. The molecule has 0 spiro atoms. The number of anilines is 1.